The van der Waals surface area contributed by atoms with Gasteiger partial charge in [-0.2, -0.15) is 0 Å². The molecule has 2 amide bonds. The Hall–Kier alpha value is -2.04. The molecule has 1 saturated carbocycles. The van der Waals surface area contributed by atoms with E-state index in [4.69, 9.17) is 4.74 Å². The summed E-state index contributed by atoms with van der Waals surface area (Å²) in [5.74, 6) is 1.41. The predicted molar refractivity (Wildman–Crippen MR) is 127 cm³/mol. The number of amides is 2. The molecule has 5 heteroatoms. The van der Waals surface area contributed by atoms with Crippen LogP contribution in [-0.4, -0.2) is 42.5 Å². The second kappa shape index (κ2) is 9.84. The Balaban J connectivity index is 1.43. The number of likely N-dealkylation sites (tertiary alicyclic amines) is 1. The molecule has 1 spiro atoms. The Labute approximate surface area is 193 Å². The Morgan fingerprint density at radius 1 is 1.00 bits per heavy atom. The zero-order chi connectivity index (χ0) is 22.6. The molecule has 1 aliphatic carbocycles. The van der Waals surface area contributed by atoms with Crippen LogP contribution >= 0.6 is 0 Å². The lowest BCUT2D eigenvalue weighted by Gasteiger charge is -2.44. The van der Waals surface area contributed by atoms with Crippen LogP contribution in [0.25, 0.3) is 0 Å². The average Bonchev–Trinajstić information content (AvgIpc) is 2.81. The van der Waals surface area contributed by atoms with Crippen molar-refractivity contribution >= 4 is 11.8 Å². The number of carbonyl (C=O) groups is 2. The number of benzene rings is 1. The van der Waals surface area contributed by atoms with Gasteiger partial charge in [0.25, 0.3) is 0 Å². The Morgan fingerprint density at radius 3 is 2.44 bits per heavy atom. The van der Waals surface area contributed by atoms with E-state index < -0.39 is 0 Å². The first-order chi connectivity index (χ1) is 15.4. The topological polar surface area (TPSA) is 58.6 Å². The first-order valence-electron chi connectivity index (χ1n) is 12.7. The van der Waals surface area contributed by atoms with Gasteiger partial charge in [0.1, 0.15) is 12.4 Å². The van der Waals surface area contributed by atoms with Crippen molar-refractivity contribution in [2.24, 2.45) is 10.8 Å². The van der Waals surface area contributed by atoms with Gasteiger partial charge in [0.2, 0.25) is 11.8 Å². The van der Waals surface area contributed by atoms with E-state index in [1.165, 1.54) is 12.0 Å². The first-order valence-corrected chi connectivity index (χ1v) is 12.7. The molecule has 5 nitrogen and oxygen atoms in total. The average molecular weight is 441 g/mol. The summed E-state index contributed by atoms with van der Waals surface area (Å²) in [5.41, 5.74) is 0.690. The second-order valence-corrected chi connectivity index (χ2v) is 10.7. The second-order valence-electron chi connectivity index (χ2n) is 10.7. The van der Waals surface area contributed by atoms with Gasteiger partial charge in [0.15, 0.2) is 0 Å². The van der Waals surface area contributed by atoms with Crippen molar-refractivity contribution in [2.75, 3.05) is 19.7 Å². The normalized spacial score (nSPS) is 26.1. The number of nitrogens with one attached hydrogen (secondary N) is 1. The fraction of sp³-hybridized carbons (Fsp3) is 0.704. The van der Waals surface area contributed by atoms with E-state index >= 15 is 0 Å². The van der Waals surface area contributed by atoms with Crippen molar-refractivity contribution < 1.29 is 14.3 Å². The molecule has 176 valence electrons. The molecular weight excluding hydrogens is 400 g/mol. The summed E-state index contributed by atoms with van der Waals surface area (Å²) < 4.78 is 6.06. The Bertz CT molecular complexity index is 807. The number of rotatable bonds is 1. The van der Waals surface area contributed by atoms with Crippen LogP contribution in [0.4, 0.5) is 0 Å². The highest BCUT2D eigenvalue weighted by Gasteiger charge is 2.45. The summed E-state index contributed by atoms with van der Waals surface area (Å²) in [7, 11) is 0. The van der Waals surface area contributed by atoms with Crippen LogP contribution in [0.1, 0.15) is 83.6 Å². The number of piperidine rings is 1. The summed E-state index contributed by atoms with van der Waals surface area (Å²) in [6.07, 6.45) is 11.1. The van der Waals surface area contributed by atoms with Crippen molar-refractivity contribution in [3.8, 4) is 5.75 Å². The molecule has 2 aliphatic heterocycles. The van der Waals surface area contributed by atoms with Crippen LogP contribution in [0, 0.1) is 10.8 Å². The van der Waals surface area contributed by atoms with E-state index in [-0.39, 0.29) is 22.8 Å². The van der Waals surface area contributed by atoms with Gasteiger partial charge in [-0.05, 0) is 63.5 Å². The largest absolute Gasteiger partial charge is 0.491 e. The molecule has 1 atom stereocenters. The summed E-state index contributed by atoms with van der Waals surface area (Å²) in [6.45, 7) is 6.05. The van der Waals surface area contributed by atoms with E-state index in [0.29, 0.717) is 25.6 Å². The van der Waals surface area contributed by atoms with Crippen LogP contribution in [0.3, 0.4) is 0 Å². The molecule has 32 heavy (non-hydrogen) atoms. The predicted octanol–water partition coefficient (Wildman–Crippen LogP) is 4.88. The maximum atomic E-state index is 13.4. The lowest BCUT2D eigenvalue weighted by molar-refractivity contribution is -0.149. The number of carbonyl (C=O) groups excluding carboxylic acids is 2. The molecule has 4 rings (SSSR count). The molecule has 0 bridgehead atoms. The van der Waals surface area contributed by atoms with E-state index in [9.17, 15) is 9.59 Å². The zero-order valence-corrected chi connectivity index (χ0v) is 20.0. The molecule has 1 aromatic rings. The number of hydrogen-bond acceptors (Lipinski definition) is 3. The van der Waals surface area contributed by atoms with Gasteiger partial charge in [-0.3, -0.25) is 9.59 Å². The van der Waals surface area contributed by atoms with Gasteiger partial charge in [0.05, 0.1) is 11.5 Å². The number of para-hydroxylation sites is 1. The highest BCUT2D eigenvalue weighted by atomic mass is 16.5. The molecule has 2 heterocycles. The third kappa shape index (κ3) is 4.97. The van der Waals surface area contributed by atoms with Gasteiger partial charge in [-0.1, -0.05) is 50.8 Å². The van der Waals surface area contributed by atoms with Gasteiger partial charge >= 0.3 is 0 Å². The third-order valence-electron chi connectivity index (χ3n) is 8.15. The number of hydrogen-bond donors (Lipinski definition) is 1. The smallest absolute Gasteiger partial charge is 0.228 e. The minimum atomic E-state index is -0.364. The monoisotopic (exact) mass is 440 g/mol. The van der Waals surface area contributed by atoms with Crippen molar-refractivity contribution in [1.82, 2.24) is 10.2 Å². The minimum Gasteiger partial charge on any atom is -0.491 e. The minimum absolute atomic E-state index is 0.0485. The third-order valence-corrected chi connectivity index (χ3v) is 8.15. The molecule has 0 unspecified atom stereocenters. The van der Waals surface area contributed by atoms with Crippen LogP contribution in [0.5, 0.6) is 5.75 Å². The van der Waals surface area contributed by atoms with Gasteiger partial charge < -0.3 is 15.0 Å². The van der Waals surface area contributed by atoms with Gasteiger partial charge in [-0.25, -0.2) is 0 Å². The fourth-order valence-electron chi connectivity index (χ4n) is 5.92. The van der Waals surface area contributed by atoms with Crippen LogP contribution in [0.15, 0.2) is 24.3 Å². The zero-order valence-electron chi connectivity index (χ0n) is 20.0. The van der Waals surface area contributed by atoms with Crippen LogP contribution in [0.2, 0.25) is 0 Å². The maximum Gasteiger partial charge on any atom is 0.228 e. The highest BCUT2D eigenvalue weighted by molar-refractivity contribution is 5.85. The SMILES string of the molecule is C[C@@H]1COc2ccccc2CCCCC2(CCN(C(=O)C3(C)CCCCC3)CC2)C(=O)N1. The number of ether oxygens (including phenoxy) is 1. The molecule has 1 aromatic carbocycles. The lowest BCUT2D eigenvalue weighted by Crippen LogP contribution is -2.54. The van der Waals surface area contributed by atoms with E-state index in [1.54, 1.807) is 0 Å². The molecule has 1 saturated heterocycles. The Morgan fingerprint density at radius 2 is 1.69 bits per heavy atom. The van der Waals surface area contributed by atoms with Crippen molar-refractivity contribution in [3.05, 3.63) is 29.8 Å². The van der Waals surface area contributed by atoms with Crippen molar-refractivity contribution in [1.29, 1.82) is 0 Å². The first kappa shape index (κ1) is 23.1. The van der Waals surface area contributed by atoms with Gasteiger partial charge in [-0.15, -0.1) is 0 Å². The lowest BCUT2D eigenvalue weighted by atomic mass is 9.71. The molecule has 1 N–H and O–H groups in total. The molecular formula is C27H40N2O3. The Kier molecular flexibility index (Phi) is 7.11. The standard InChI is InChI=1S/C27H40N2O3/c1-21-20-32-23-12-5-4-10-22(23)11-6-9-15-27(24(30)28-21)16-18-29(19-17-27)25(31)26(2)13-7-3-8-14-26/h4-5,10,12,21H,3,6-9,11,13-20H2,1-2H3,(H,28,30)/t21-/m1/s1. The quantitative estimate of drug-likeness (QED) is 0.677. The molecule has 2 fully saturated rings. The van der Waals surface area contributed by atoms with Crippen molar-refractivity contribution in [2.45, 2.75) is 90.5 Å². The summed E-state index contributed by atoms with van der Waals surface area (Å²) in [4.78, 5) is 28.8. The number of fused-ring (bicyclic) bond motifs is 1. The molecule has 3 aliphatic rings. The van der Waals surface area contributed by atoms with E-state index in [2.05, 4.69) is 29.3 Å². The van der Waals surface area contributed by atoms with Crippen LogP contribution < -0.4 is 10.1 Å². The number of aryl methyl sites for hydroxylation is 1. The summed E-state index contributed by atoms with van der Waals surface area (Å²) in [5, 5.41) is 3.24. The van der Waals surface area contributed by atoms with Crippen molar-refractivity contribution in [3.63, 3.8) is 0 Å². The van der Waals surface area contributed by atoms with Crippen LogP contribution in [-0.2, 0) is 16.0 Å². The highest BCUT2D eigenvalue weighted by Crippen LogP contribution is 2.42. The van der Waals surface area contributed by atoms with E-state index in [0.717, 1.165) is 70.0 Å². The van der Waals surface area contributed by atoms with E-state index in [1.807, 2.05) is 19.1 Å². The molecule has 0 aromatic heterocycles. The maximum absolute atomic E-state index is 13.4. The van der Waals surface area contributed by atoms with Gasteiger partial charge in [0, 0.05) is 18.5 Å². The fourth-order valence-corrected chi connectivity index (χ4v) is 5.92. The summed E-state index contributed by atoms with van der Waals surface area (Å²) >= 11 is 0. The molecule has 0 radical (unpaired) electrons. The summed E-state index contributed by atoms with van der Waals surface area (Å²) in [6, 6.07) is 8.20. The number of nitrogens with zero attached hydrogens (tertiary/aromatic N) is 1.